The smallest absolute Gasteiger partial charge is 0.401 e. The summed E-state index contributed by atoms with van der Waals surface area (Å²) in [6.07, 6.45) is -3.11. The monoisotopic (exact) mass is 267 g/mol. The molecule has 0 aromatic heterocycles. The van der Waals surface area contributed by atoms with Crippen LogP contribution < -0.4 is 5.32 Å². The van der Waals surface area contributed by atoms with Gasteiger partial charge in [-0.25, -0.2) is 0 Å². The second-order valence-electron chi connectivity index (χ2n) is 6.21. The van der Waals surface area contributed by atoms with Crippen molar-refractivity contribution in [2.45, 2.75) is 51.7 Å². The fraction of sp³-hybridized carbons (Fsp3) is 0.917. The van der Waals surface area contributed by atoms with Crippen LogP contribution in [0.15, 0.2) is 0 Å². The van der Waals surface area contributed by atoms with E-state index in [1.54, 1.807) is 0 Å². The Morgan fingerprint density at radius 3 is 2.33 bits per heavy atom. The van der Waals surface area contributed by atoms with Gasteiger partial charge in [-0.15, -0.1) is 0 Å². The van der Waals surface area contributed by atoms with E-state index in [1.165, 1.54) is 0 Å². The number of carboxylic acids is 1. The molecule has 1 saturated carbocycles. The molecule has 106 valence electrons. The van der Waals surface area contributed by atoms with E-state index in [2.05, 4.69) is 5.32 Å². The molecule has 0 aromatic carbocycles. The number of aliphatic carboxylic acids is 1. The summed E-state index contributed by atoms with van der Waals surface area (Å²) >= 11 is 0. The van der Waals surface area contributed by atoms with Crippen LogP contribution in [0.3, 0.4) is 0 Å². The molecule has 0 aromatic rings. The fourth-order valence-electron chi connectivity index (χ4n) is 3.21. The normalized spacial score (nSPS) is 32.2. The number of rotatable bonds is 3. The molecule has 0 spiro atoms. The van der Waals surface area contributed by atoms with Crippen molar-refractivity contribution in [1.29, 1.82) is 0 Å². The second kappa shape index (κ2) is 4.72. The van der Waals surface area contributed by atoms with Crippen LogP contribution in [0, 0.1) is 11.3 Å². The van der Waals surface area contributed by atoms with Gasteiger partial charge < -0.3 is 5.11 Å². The minimum Gasteiger partial charge on any atom is -0.480 e. The van der Waals surface area contributed by atoms with Crippen LogP contribution >= 0.6 is 0 Å². The van der Waals surface area contributed by atoms with E-state index >= 15 is 0 Å². The molecule has 1 fully saturated rings. The van der Waals surface area contributed by atoms with Crippen molar-refractivity contribution in [3.63, 3.8) is 0 Å². The van der Waals surface area contributed by atoms with E-state index in [4.69, 9.17) is 0 Å². The average molecular weight is 267 g/mol. The van der Waals surface area contributed by atoms with Gasteiger partial charge in [-0.05, 0) is 30.6 Å². The number of halogens is 3. The molecule has 1 aliphatic carbocycles. The first-order valence-corrected chi connectivity index (χ1v) is 6.01. The second-order valence-corrected chi connectivity index (χ2v) is 6.21. The van der Waals surface area contributed by atoms with Crippen molar-refractivity contribution < 1.29 is 23.1 Å². The largest absolute Gasteiger partial charge is 0.480 e. The Labute approximate surface area is 105 Å². The Morgan fingerprint density at radius 2 is 1.94 bits per heavy atom. The highest BCUT2D eigenvalue weighted by molar-refractivity contribution is 5.79. The predicted molar refractivity (Wildman–Crippen MR) is 61.2 cm³/mol. The number of nitrogens with one attached hydrogen (secondary N) is 1. The van der Waals surface area contributed by atoms with E-state index in [1.807, 2.05) is 20.8 Å². The molecule has 0 saturated heterocycles. The third-order valence-electron chi connectivity index (χ3n) is 3.41. The molecule has 2 unspecified atom stereocenters. The highest BCUT2D eigenvalue weighted by atomic mass is 19.4. The summed E-state index contributed by atoms with van der Waals surface area (Å²) in [5.74, 6) is -1.10. The number of carboxylic acid groups (broad SMARTS) is 1. The van der Waals surface area contributed by atoms with Crippen LogP contribution in [-0.4, -0.2) is 29.3 Å². The van der Waals surface area contributed by atoms with E-state index in [9.17, 15) is 23.1 Å². The Bertz CT molecular complexity index is 328. The number of hydrogen-bond donors (Lipinski definition) is 2. The minimum atomic E-state index is -4.40. The zero-order valence-corrected chi connectivity index (χ0v) is 10.9. The van der Waals surface area contributed by atoms with Gasteiger partial charge in [0, 0.05) is 0 Å². The lowest BCUT2D eigenvalue weighted by Crippen LogP contribution is -2.59. The maximum Gasteiger partial charge on any atom is 0.401 e. The summed E-state index contributed by atoms with van der Waals surface area (Å²) in [5.41, 5.74) is -1.73. The fourth-order valence-corrected chi connectivity index (χ4v) is 3.21. The molecule has 0 bridgehead atoms. The zero-order chi connectivity index (χ0) is 14.2. The summed E-state index contributed by atoms with van der Waals surface area (Å²) < 4.78 is 36.8. The Kier molecular flexibility index (Phi) is 4.00. The van der Waals surface area contributed by atoms with Crippen molar-refractivity contribution in [2.24, 2.45) is 11.3 Å². The molecule has 1 aliphatic rings. The number of hydrogen-bond acceptors (Lipinski definition) is 2. The number of alkyl halides is 3. The van der Waals surface area contributed by atoms with Crippen LogP contribution in [0.25, 0.3) is 0 Å². The van der Waals surface area contributed by atoms with Crippen LogP contribution in [0.4, 0.5) is 13.2 Å². The lowest BCUT2D eigenvalue weighted by atomic mass is 9.64. The van der Waals surface area contributed by atoms with Crippen LogP contribution in [0.2, 0.25) is 0 Å². The predicted octanol–water partition coefficient (Wildman–Crippen LogP) is 2.81. The summed E-state index contributed by atoms with van der Waals surface area (Å²) in [6, 6.07) is 0. The van der Waals surface area contributed by atoms with Gasteiger partial charge in [0.15, 0.2) is 0 Å². The lowest BCUT2D eigenvalue weighted by Gasteiger charge is -2.45. The van der Waals surface area contributed by atoms with Crippen molar-refractivity contribution in [2.75, 3.05) is 6.54 Å². The molecule has 3 nitrogen and oxygen atoms in total. The summed E-state index contributed by atoms with van der Waals surface area (Å²) in [6.45, 7) is 4.42. The molecule has 2 N–H and O–H groups in total. The van der Waals surface area contributed by atoms with E-state index in [0.717, 1.165) is 6.42 Å². The number of carbonyl (C=O) groups is 1. The molecule has 6 heteroatoms. The molecular weight excluding hydrogens is 247 g/mol. The van der Waals surface area contributed by atoms with Gasteiger partial charge in [0.1, 0.15) is 5.54 Å². The van der Waals surface area contributed by atoms with Gasteiger partial charge in [-0.1, -0.05) is 20.8 Å². The lowest BCUT2D eigenvalue weighted by molar-refractivity contribution is -0.156. The molecule has 0 aliphatic heterocycles. The zero-order valence-electron chi connectivity index (χ0n) is 10.9. The van der Waals surface area contributed by atoms with Crippen molar-refractivity contribution in [3.05, 3.63) is 0 Å². The minimum absolute atomic E-state index is 0.0885. The van der Waals surface area contributed by atoms with Crippen molar-refractivity contribution in [3.8, 4) is 0 Å². The van der Waals surface area contributed by atoms with Gasteiger partial charge in [0.2, 0.25) is 0 Å². The highest BCUT2D eigenvalue weighted by Gasteiger charge is 2.49. The summed E-state index contributed by atoms with van der Waals surface area (Å²) in [5, 5.41) is 11.5. The maximum absolute atomic E-state index is 12.3. The first kappa shape index (κ1) is 15.3. The first-order chi connectivity index (χ1) is 7.96. The van der Waals surface area contributed by atoms with Gasteiger partial charge in [0.25, 0.3) is 0 Å². The molecule has 0 heterocycles. The Morgan fingerprint density at radius 1 is 1.39 bits per heavy atom. The molecule has 18 heavy (non-hydrogen) atoms. The first-order valence-electron chi connectivity index (χ1n) is 6.01. The molecule has 0 amide bonds. The molecular formula is C12H20F3NO2. The van der Waals surface area contributed by atoms with Crippen LogP contribution in [0.1, 0.15) is 40.0 Å². The van der Waals surface area contributed by atoms with Gasteiger partial charge in [-0.2, -0.15) is 13.2 Å². The molecule has 0 radical (unpaired) electrons. The molecule has 2 atom stereocenters. The van der Waals surface area contributed by atoms with Gasteiger partial charge in [0.05, 0.1) is 6.54 Å². The Hall–Kier alpha value is -0.780. The maximum atomic E-state index is 12.3. The van der Waals surface area contributed by atoms with Crippen molar-refractivity contribution in [1.82, 2.24) is 5.32 Å². The topological polar surface area (TPSA) is 49.3 Å². The van der Waals surface area contributed by atoms with E-state index < -0.39 is 24.2 Å². The summed E-state index contributed by atoms with van der Waals surface area (Å²) in [7, 11) is 0. The third kappa shape index (κ3) is 3.86. The van der Waals surface area contributed by atoms with Crippen molar-refractivity contribution >= 4 is 5.97 Å². The van der Waals surface area contributed by atoms with Crippen LogP contribution in [0.5, 0.6) is 0 Å². The van der Waals surface area contributed by atoms with Gasteiger partial charge in [-0.3, -0.25) is 10.1 Å². The molecule has 1 rings (SSSR count). The van der Waals surface area contributed by atoms with Crippen LogP contribution in [-0.2, 0) is 4.79 Å². The Balaban J connectivity index is 2.90. The third-order valence-corrected chi connectivity index (χ3v) is 3.41. The standard InChI is InChI=1S/C12H20F3NO2/c1-8-4-10(2,3)6-11(5-8,9(17)18)16-7-12(13,14)15/h8,16H,4-7H2,1-3H3,(H,17,18). The summed E-state index contributed by atoms with van der Waals surface area (Å²) in [4.78, 5) is 11.4. The average Bonchev–Trinajstić information content (AvgIpc) is 2.10. The van der Waals surface area contributed by atoms with E-state index in [0.29, 0.717) is 0 Å². The van der Waals surface area contributed by atoms with Gasteiger partial charge >= 0.3 is 12.1 Å². The highest BCUT2D eigenvalue weighted by Crippen LogP contribution is 2.44. The van der Waals surface area contributed by atoms with E-state index in [-0.39, 0.29) is 24.2 Å². The quantitative estimate of drug-likeness (QED) is 0.826. The SMILES string of the molecule is CC1CC(C)(C)CC(NCC(F)(F)F)(C(=O)O)C1.